The highest BCUT2D eigenvalue weighted by Crippen LogP contribution is 2.30. The Morgan fingerprint density at radius 1 is 0.852 bits per heavy atom. The molecule has 0 fully saturated rings. The number of anilines is 2. The molecule has 3 N–H and O–H groups in total. The number of imidazole rings is 1. The number of H-pyrrole nitrogens is 1. The molecule has 0 unspecified atom stereocenters. The maximum Gasteiger partial charge on any atom is 0.142 e. The van der Waals surface area contributed by atoms with Gasteiger partial charge in [0, 0.05) is 11.1 Å². The van der Waals surface area contributed by atoms with Crippen LogP contribution >= 0.6 is 0 Å². The molecule has 5 aromatic rings. The van der Waals surface area contributed by atoms with Gasteiger partial charge in [0.1, 0.15) is 23.7 Å². The lowest BCUT2D eigenvalue weighted by molar-refractivity contribution is 0.477. The molecule has 0 bridgehead atoms. The Hall–Kier alpha value is -3.93. The highest BCUT2D eigenvalue weighted by molar-refractivity contribution is 5.91. The van der Waals surface area contributed by atoms with E-state index in [4.69, 9.17) is 0 Å². The van der Waals surface area contributed by atoms with Crippen LogP contribution in [-0.4, -0.2) is 25.0 Å². The summed E-state index contributed by atoms with van der Waals surface area (Å²) in [7, 11) is 0. The summed E-state index contributed by atoms with van der Waals surface area (Å²) in [4.78, 5) is 16.5. The number of aromatic nitrogens is 4. The summed E-state index contributed by atoms with van der Waals surface area (Å²) in [6.07, 6.45) is 1.55. The number of fused-ring (bicyclic) bond motifs is 2. The molecule has 0 saturated carbocycles. The van der Waals surface area contributed by atoms with Crippen molar-refractivity contribution in [3.8, 4) is 17.1 Å². The number of nitrogens with one attached hydrogen (secondary N) is 2. The van der Waals surface area contributed by atoms with Gasteiger partial charge in [0.25, 0.3) is 0 Å². The van der Waals surface area contributed by atoms with E-state index >= 15 is 0 Å². The number of hydrogen-bond donors (Lipinski definition) is 3. The van der Waals surface area contributed by atoms with Crippen molar-refractivity contribution in [1.29, 1.82) is 0 Å². The number of hydrogen-bond acceptors (Lipinski definition) is 5. The minimum atomic E-state index is 0.197. The van der Waals surface area contributed by atoms with Crippen LogP contribution in [0.4, 0.5) is 11.5 Å². The van der Waals surface area contributed by atoms with Crippen LogP contribution in [0.2, 0.25) is 0 Å². The summed E-state index contributed by atoms with van der Waals surface area (Å²) in [5, 5.41) is 14.4. The first kappa shape index (κ1) is 15.3. The molecule has 6 heteroatoms. The van der Waals surface area contributed by atoms with Crippen molar-refractivity contribution >= 4 is 33.4 Å². The van der Waals surface area contributed by atoms with Crippen LogP contribution in [-0.2, 0) is 0 Å². The zero-order valence-corrected chi connectivity index (χ0v) is 14.2. The molecule has 130 valence electrons. The van der Waals surface area contributed by atoms with Crippen molar-refractivity contribution < 1.29 is 5.11 Å². The smallest absolute Gasteiger partial charge is 0.142 e. The second kappa shape index (κ2) is 6.10. The van der Waals surface area contributed by atoms with E-state index < -0.39 is 0 Å². The van der Waals surface area contributed by atoms with Gasteiger partial charge in [0.2, 0.25) is 0 Å². The number of rotatable bonds is 3. The van der Waals surface area contributed by atoms with Gasteiger partial charge in [-0.25, -0.2) is 15.0 Å². The molecule has 0 amide bonds. The predicted octanol–water partition coefficient (Wildman–Crippen LogP) is 4.62. The van der Waals surface area contributed by atoms with Gasteiger partial charge in [-0.05, 0) is 42.5 Å². The fourth-order valence-corrected chi connectivity index (χ4v) is 3.13. The van der Waals surface area contributed by atoms with E-state index in [2.05, 4.69) is 25.3 Å². The van der Waals surface area contributed by atoms with E-state index in [1.54, 1.807) is 18.5 Å². The third-order valence-corrected chi connectivity index (χ3v) is 4.45. The Balaban J connectivity index is 1.54. The minimum Gasteiger partial charge on any atom is -0.507 e. The van der Waals surface area contributed by atoms with Crippen LogP contribution in [0.1, 0.15) is 0 Å². The zero-order chi connectivity index (χ0) is 18.2. The number of phenolic OH excluding ortho intramolecular Hbond substituents is 1. The second-order valence-corrected chi connectivity index (χ2v) is 6.20. The Labute approximate surface area is 154 Å². The van der Waals surface area contributed by atoms with Crippen LogP contribution in [0.15, 0.2) is 73.1 Å². The largest absolute Gasteiger partial charge is 0.507 e. The van der Waals surface area contributed by atoms with Crippen molar-refractivity contribution in [3.05, 3.63) is 73.1 Å². The van der Waals surface area contributed by atoms with Crippen LogP contribution in [0.3, 0.4) is 0 Å². The average Bonchev–Trinajstić information content (AvgIpc) is 3.12. The summed E-state index contributed by atoms with van der Waals surface area (Å²) in [6.45, 7) is 0. The molecule has 0 aliphatic carbocycles. The lowest BCUT2D eigenvalue weighted by Crippen LogP contribution is -1.95. The third kappa shape index (κ3) is 2.73. The van der Waals surface area contributed by atoms with Crippen LogP contribution in [0.5, 0.6) is 5.75 Å². The van der Waals surface area contributed by atoms with Gasteiger partial charge < -0.3 is 15.4 Å². The zero-order valence-electron chi connectivity index (χ0n) is 14.2. The number of nitrogens with zero attached hydrogens (tertiary/aromatic N) is 3. The van der Waals surface area contributed by atoms with Gasteiger partial charge in [0.15, 0.2) is 0 Å². The van der Waals surface area contributed by atoms with Crippen molar-refractivity contribution in [2.45, 2.75) is 0 Å². The van der Waals surface area contributed by atoms with Crippen LogP contribution in [0, 0.1) is 0 Å². The van der Waals surface area contributed by atoms with E-state index in [1.807, 2.05) is 54.6 Å². The fraction of sp³-hybridized carbons (Fsp3) is 0. The summed E-state index contributed by atoms with van der Waals surface area (Å²) < 4.78 is 0. The fourth-order valence-electron chi connectivity index (χ4n) is 3.13. The number of aromatic amines is 1. The summed E-state index contributed by atoms with van der Waals surface area (Å²) >= 11 is 0. The van der Waals surface area contributed by atoms with Crippen LogP contribution < -0.4 is 5.32 Å². The number of phenols is 1. The van der Waals surface area contributed by atoms with E-state index in [0.29, 0.717) is 11.4 Å². The maximum atomic E-state index is 10.1. The van der Waals surface area contributed by atoms with Gasteiger partial charge in [-0.1, -0.05) is 24.3 Å². The Kier molecular flexibility index (Phi) is 3.47. The molecule has 27 heavy (non-hydrogen) atoms. The minimum absolute atomic E-state index is 0.197. The van der Waals surface area contributed by atoms with Gasteiger partial charge >= 0.3 is 0 Å². The van der Waals surface area contributed by atoms with Crippen molar-refractivity contribution in [2.75, 3.05) is 5.32 Å². The first-order valence-corrected chi connectivity index (χ1v) is 8.53. The van der Waals surface area contributed by atoms with E-state index in [9.17, 15) is 5.11 Å². The molecular weight excluding hydrogens is 338 g/mol. The molecule has 0 saturated heterocycles. The van der Waals surface area contributed by atoms with Gasteiger partial charge in [-0.15, -0.1) is 0 Å². The topological polar surface area (TPSA) is 86.7 Å². The van der Waals surface area contributed by atoms with Gasteiger partial charge in [-0.2, -0.15) is 0 Å². The van der Waals surface area contributed by atoms with E-state index in [1.165, 1.54) is 0 Å². The molecule has 2 aromatic heterocycles. The SMILES string of the molecule is Oc1ccccc1-c1nc2ccc(Nc3ncnc4ccccc34)cc2[nH]1. The van der Waals surface area contributed by atoms with Crippen LogP contribution in [0.25, 0.3) is 33.3 Å². The number of benzene rings is 3. The molecule has 6 nitrogen and oxygen atoms in total. The Morgan fingerprint density at radius 2 is 1.70 bits per heavy atom. The van der Waals surface area contributed by atoms with Gasteiger partial charge in [0.05, 0.1) is 22.1 Å². The maximum absolute atomic E-state index is 10.1. The molecule has 0 radical (unpaired) electrons. The van der Waals surface area contributed by atoms with Crippen molar-refractivity contribution in [1.82, 2.24) is 19.9 Å². The number of aromatic hydroxyl groups is 1. The molecule has 5 rings (SSSR count). The van der Waals surface area contributed by atoms with E-state index in [0.717, 1.165) is 33.4 Å². The molecule has 0 spiro atoms. The Bertz CT molecular complexity index is 1270. The molecule has 3 aromatic carbocycles. The lowest BCUT2D eigenvalue weighted by Gasteiger charge is -2.08. The molecule has 2 heterocycles. The molecule has 0 aliphatic heterocycles. The second-order valence-electron chi connectivity index (χ2n) is 6.20. The highest BCUT2D eigenvalue weighted by atomic mass is 16.3. The summed E-state index contributed by atoms with van der Waals surface area (Å²) in [6, 6.07) is 20.9. The number of para-hydroxylation sites is 2. The molecule has 0 aliphatic rings. The Morgan fingerprint density at radius 3 is 2.63 bits per heavy atom. The average molecular weight is 353 g/mol. The predicted molar refractivity (Wildman–Crippen MR) is 106 cm³/mol. The first-order chi connectivity index (χ1) is 13.3. The van der Waals surface area contributed by atoms with Crippen molar-refractivity contribution in [2.24, 2.45) is 0 Å². The van der Waals surface area contributed by atoms with Gasteiger partial charge in [-0.3, -0.25) is 0 Å². The molecule has 0 atom stereocenters. The molecular formula is C21H15N5O. The lowest BCUT2D eigenvalue weighted by atomic mass is 10.2. The van der Waals surface area contributed by atoms with Crippen molar-refractivity contribution in [3.63, 3.8) is 0 Å². The first-order valence-electron chi connectivity index (χ1n) is 8.53. The standard InChI is InChI=1S/C21H15N5O/c27-19-8-4-2-6-15(19)21-25-17-10-9-13(11-18(17)26-21)24-20-14-5-1-3-7-16(14)22-12-23-20/h1-12,27H,(H,25,26)(H,22,23,24). The highest BCUT2D eigenvalue weighted by Gasteiger charge is 2.10. The third-order valence-electron chi connectivity index (χ3n) is 4.45. The quantitative estimate of drug-likeness (QED) is 0.440. The van der Waals surface area contributed by atoms with E-state index in [-0.39, 0.29) is 5.75 Å². The normalized spacial score (nSPS) is 11.1. The summed E-state index contributed by atoms with van der Waals surface area (Å²) in [5.41, 5.74) is 4.14. The monoisotopic (exact) mass is 353 g/mol. The summed E-state index contributed by atoms with van der Waals surface area (Å²) in [5.74, 6) is 1.58.